The van der Waals surface area contributed by atoms with Crippen LogP contribution >= 0.6 is 0 Å². The maximum atomic E-state index is 13.0. The van der Waals surface area contributed by atoms with Gasteiger partial charge in [-0.15, -0.1) is 0 Å². The van der Waals surface area contributed by atoms with Gasteiger partial charge in [0.15, 0.2) is 0 Å². The summed E-state index contributed by atoms with van der Waals surface area (Å²) in [6.07, 6.45) is 0.618. The van der Waals surface area contributed by atoms with Crippen LogP contribution in [0.5, 0.6) is 0 Å². The van der Waals surface area contributed by atoms with E-state index in [2.05, 4.69) is 9.97 Å². The number of hydrogen-bond acceptors (Lipinski definition) is 1. The highest BCUT2D eigenvalue weighted by Crippen LogP contribution is 2.13. The molecule has 0 saturated heterocycles. The Bertz CT molecular complexity index is 625. The largest absolute Gasteiger partial charge is 0.342 e. The number of aromatic amines is 1. The molecule has 3 heteroatoms. The number of fused-ring (bicyclic) bond motifs is 1. The highest BCUT2D eigenvalue weighted by atomic mass is 19.1. The normalized spacial score (nSPS) is 10.9. The van der Waals surface area contributed by atoms with Gasteiger partial charge in [-0.1, -0.05) is 24.3 Å². The van der Waals surface area contributed by atoms with Crippen molar-refractivity contribution in [2.45, 2.75) is 6.42 Å². The molecule has 0 spiro atoms. The molecule has 3 rings (SSSR count). The molecule has 3 aromatic rings. The lowest BCUT2D eigenvalue weighted by Gasteiger charge is -1.97. The van der Waals surface area contributed by atoms with E-state index in [0.29, 0.717) is 6.42 Å². The third-order valence-electron chi connectivity index (χ3n) is 2.70. The second-order valence-corrected chi connectivity index (χ2v) is 4.01. The monoisotopic (exact) mass is 226 g/mol. The first-order valence-electron chi connectivity index (χ1n) is 5.49. The number of aromatic nitrogens is 2. The zero-order chi connectivity index (χ0) is 11.7. The summed E-state index contributed by atoms with van der Waals surface area (Å²) in [6.45, 7) is 0. The molecule has 0 fully saturated rings. The van der Waals surface area contributed by atoms with Crippen LogP contribution in [0.15, 0.2) is 48.5 Å². The predicted molar refractivity (Wildman–Crippen MR) is 65.3 cm³/mol. The molecule has 0 saturated carbocycles. The lowest BCUT2D eigenvalue weighted by molar-refractivity contribution is 0.626. The summed E-state index contributed by atoms with van der Waals surface area (Å²) in [5.74, 6) is 0.649. The van der Waals surface area contributed by atoms with Gasteiger partial charge >= 0.3 is 0 Å². The molecule has 84 valence electrons. The zero-order valence-electron chi connectivity index (χ0n) is 9.15. The lowest BCUT2D eigenvalue weighted by atomic mass is 10.1. The topological polar surface area (TPSA) is 28.7 Å². The van der Waals surface area contributed by atoms with Gasteiger partial charge in [-0.05, 0) is 29.8 Å². The van der Waals surface area contributed by atoms with Crippen LogP contribution in [0.2, 0.25) is 0 Å². The smallest absolute Gasteiger partial charge is 0.123 e. The highest BCUT2D eigenvalue weighted by molar-refractivity contribution is 5.74. The minimum absolute atomic E-state index is 0.210. The van der Waals surface area contributed by atoms with Gasteiger partial charge in [0.1, 0.15) is 11.6 Å². The van der Waals surface area contributed by atoms with Crippen LogP contribution in [0, 0.1) is 5.82 Å². The fourth-order valence-corrected chi connectivity index (χ4v) is 1.93. The number of imidazole rings is 1. The molecule has 0 aliphatic heterocycles. The minimum atomic E-state index is -0.210. The number of para-hydroxylation sites is 2. The molecule has 0 aliphatic rings. The molecule has 0 aliphatic carbocycles. The van der Waals surface area contributed by atoms with Crippen molar-refractivity contribution in [3.63, 3.8) is 0 Å². The maximum Gasteiger partial charge on any atom is 0.123 e. The van der Waals surface area contributed by atoms with E-state index < -0.39 is 0 Å². The van der Waals surface area contributed by atoms with Crippen LogP contribution in [-0.2, 0) is 6.42 Å². The number of rotatable bonds is 2. The van der Waals surface area contributed by atoms with Crippen LogP contribution in [0.4, 0.5) is 4.39 Å². The lowest BCUT2D eigenvalue weighted by Crippen LogP contribution is -1.91. The van der Waals surface area contributed by atoms with Crippen molar-refractivity contribution in [2.24, 2.45) is 0 Å². The van der Waals surface area contributed by atoms with E-state index in [9.17, 15) is 4.39 Å². The molecule has 0 amide bonds. The van der Waals surface area contributed by atoms with Crippen molar-refractivity contribution in [1.82, 2.24) is 9.97 Å². The number of benzene rings is 2. The summed E-state index contributed by atoms with van der Waals surface area (Å²) < 4.78 is 13.0. The maximum absolute atomic E-state index is 13.0. The van der Waals surface area contributed by atoms with Gasteiger partial charge < -0.3 is 4.98 Å². The SMILES string of the molecule is Fc1cccc(Cc2nc3ccccc3[nH]2)c1. The fourth-order valence-electron chi connectivity index (χ4n) is 1.93. The molecule has 2 aromatic carbocycles. The van der Waals surface area contributed by atoms with Gasteiger partial charge in [0, 0.05) is 6.42 Å². The first-order chi connectivity index (χ1) is 8.31. The summed E-state index contributed by atoms with van der Waals surface area (Å²) in [4.78, 5) is 7.69. The fraction of sp³-hybridized carbons (Fsp3) is 0.0714. The molecular formula is C14H11FN2. The van der Waals surface area contributed by atoms with Gasteiger partial charge in [0.2, 0.25) is 0 Å². The average Bonchev–Trinajstić information content (AvgIpc) is 2.71. The number of hydrogen-bond donors (Lipinski definition) is 1. The van der Waals surface area contributed by atoms with Crippen molar-refractivity contribution >= 4 is 11.0 Å². The Kier molecular flexibility index (Phi) is 2.37. The Hall–Kier alpha value is -2.16. The molecular weight excluding hydrogens is 215 g/mol. The molecule has 2 nitrogen and oxygen atoms in total. The van der Waals surface area contributed by atoms with Gasteiger partial charge in [-0.25, -0.2) is 9.37 Å². The van der Waals surface area contributed by atoms with Crippen molar-refractivity contribution in [3.05, 3.63) is 65.7 Å². The Morgan fingerprint density at radius 2 is 1.94 bits per heavy atom. The Balaban J connectivity index is 1.94. The summed E-state index contributed by atoms with van der Waals surface area (Å²) in [6, 6.07) is 14.5. The van der Waals surface area contributed by atoms with E-state index in [1.54, 1.807) is 6.07 Å². The van der Waals surface area contributed by atoms with E-state index in [0.717, 1.165) is 22.4 Å². The van der Waals surface area contributed by atoms with Gasteiger partial charge in [0.25, 0.3) is 0 Å². The van der Waals surface area contributed by atoms with E-state index in [4.69, 9.17) is 0 Å². The van der Waals surface area contributed by atoms with E-state index in [1.807, 2.05) is 30.3 Å². The standard InChI is InChI=1S/C14H11FN2/c15-11-5-3-4-10(8-11)9-14-16-12-6-1-2-7-13(12)17-14/h1-8H,9H2,(H,16,17). The summed E-state index contributed by atoms with van der Waals surface area (Å²) >= 11 is 0. The molecule has 0 atom stereocenters. The van der Waals surface area contributed by atoms with Crippen molar-refractivity contribution < 1.29 is 4.39 Å². The molecule has 0 radical (unpaired) electrons. The Labute approximate surface area is 98.1 Å². The van der Waals surface area contributed by atoms with E-state index >= 15 is 0 Å². The van der Waals surface area contributed by atoms with Crippen molar-refractivity contribution in [1.29, 1.82) is 0 Å². The molecule has 0 bridgehead atoms. The number of halogens is 1. The van der Waals surface area contributed by atoms with Crippen LogP contribution in [0.3, 0.4) is 0 Å². The quantitative estimate of drug-likeness (QED) is 0.713. The van der Waals surface area contributed by atoms with Crippen LogP contribution in [0.25, 0.3) is 11.0 Å². The third-order valence-corrected chi connectivity index (χ3v) is 2.70. The van der Waals surface area contributed by atoms with Crippen LogP contribution < -0.4 is 0 Å². The zero-order valence-corrected chi connectivity index (χ0v) is 9.15. The first kappa shape index (κ1) is 10.0. The number of H-pyrrole nitrogens is 1. The highest BCUT2D eigenvalue weighted by Gasteiger charge is 2.03. The van der Waals surface area contributed by atoms with Crippen molar-refractivity contribution in [3.8, 4) is 0 Å². The molecule has 1 N–H and O–H groups in total. The van der Waals surface area contributed by atoms with Gasteiger partial charge in [0.05, 0.1) is 11.0 Å². The molecule has 1 aromatic heterocycles. The van der Waals surface area contributed by atoms with E-state index in [1.165, 1.54) is 12.1 Å². The average molecular weight is 226 g/mol. The first-order valence-corrected chi connectivity index (χ1v) is 5.49. The van der Waals surface area contributed by atoms with E-state index in [-0.39, 0.29) is 5.82 Å². The predicted octanol–water partition coefficient (Wildman–Crippen LogP) is 3.29. The van der Waals surface area contributed by atoms with Crippen molar-refractivity contribution in [2.75, 3.05) is 0 Å². The van der Waals surface area contributed by atoms with Crippen LogP contribution in [-0.4, -0.2) is 9.97 Å². The minimum Gasteiger partial charge on any atom is -0.342 e. The second kappa shape index (κ2) is 4.01. The number of nitrogens with zero attached hydrogens (tertiary/aromatic N) is 1. The summed E-state index contributed by atoms with van der Waals surface area (Å²) in [7, 11) is 0. The third kappa shape index (κ3) is 2.04. The summed E-state index contributed by atoms with van der Waals surface area (Å²) in [5, 5.41) is 0. The molecule has 1 heterocycles. The van der Waals surface area contributed by atoms with Crippen LogP contribution in [0.1, 0.15) is 11.4 Å². The Morgan fingerprint density at radius 1 is 1.06 bits per heavy atom. The van der Waals surface area contributed by atoms with Gasteiger partial charge in [-0.2, -0.15) is 0 Å². The molecule has 17 heavy (non-hydrogen) atoms. The second-order valence-electron chi connectivity index (χ2n) is 4.01. The summed E-state index contributed by atoms with van der Waals surface area (Å²) in [5.41, 5.74) is 2.88. The number of nitrogens with one attached hydrogen (secondary N) is 1. The van der Waals surface area contributed by atoms with Gasteiger partial charge in [-0.3, -0.25) is 0 Å². The molecule has 0 unspecified atom stereocenters. The Morgan fingerprint density at radius 3 is 2.76 bits per heavy atom.